The molecule has 1 aliphatic rings. The van der Waals surface area contributed by atoms with Gasteiger partial charge in [0.2, 0.25) is 5.95 Å². The zero-order chi connectivity index (χ0) is 18.8. The molecule has 0 N–H and O–H groups in total. The van der Waals surface area contributed by atoms with Crippen LogP contribution in [0.5, 0.6) is 5.75 Å². The minimum atomic E-state index is 0.00114. The summed E-state index contributed by atoms with van der Waals surface area (Å²) in [6.07, 6.45) is 3.95. The van der Waals surface area contributed by atoms with E-state index in [4.69, 9.17) is 9.72 Å². The molecule has 1 fully saturated rings. The summed E-state index contributed by atoms with van der Waals surface area (Å²) < 4.78 is 7.64. The normalized spacial score (nSPS) is 17.3. The van der Waals surface area contributed by atoms with Gasteiger partial charge in [0.05, 0.1) is 17.5 Å². The summed E-state index contributed by atoms with van der Waals surface area (Å²) in [4.78, 5) is 23.9. The quantitative estimate of drug-likeness (QED) is 0.712. The van der Waals surface area contributed by atoms with E-state index in [1.807, 2.05) is 43.3 Å². The summed E-state index contributed by atoms with van der Waals surface area (Å²) in [5.41, 5.74) is 1.70. The van der Waals surface area contributed by atoms with Crippen LogP contribution >= 0.6 is 0 Å². The van der Waals surface area contributed by atoms with Crippen LogP contribution in [0.15, 0.2) is 47.4 Å². The fraction of sp³-hybridized carbons (Fsp3) is 0.381. The number of benzene rings is 1. The van der Waals surface area contributed by atoms with Gasteiger partial charge in [0.1, 0.15) is 5.75 Å². The highest BCUT2D eigenvalue weighted by Gasteiger charge is 2.24. The van der Waals surface area contributed by atoms with Gasteiger partial charge in [-0.15, -0.1) is 0 Å². The second kappa shape index (κ2) is 7.39. The van der Waals surface area contributed by atoms with Gasteiger partial charge < -0.3 is 9.64 Å². The third-order valence-corrected chi connectivity index (χ3v) is 5.12. The van der Waals surface area contributed by atoms with E-state index in [9.17, 15) is 4.79 Å². The molecule has 1 aromatic carbocycles. The van der Waals surface area contributed by atoms with Crippen molar-refractivity contribution in [2.75, 3.05) is 24.6 Å². The van der Waals surface area contributed by atoms with Crippen molar-refractivity contribution in [3.05, 3.63) is 58.6 Å². The Labute approximate surface area is 158 Å². The largest absolute Gasteiger partial charge is 0.493 e. The Morgan fingerprint density at radius 1 is 1.26 bits per heavy atom. The lowest BCUT2D eigenvalue weighted by Crippen LogP contribution is -2.41. The van der Waals surface area contributed by atoms with E-state index in [0.29, 0.717) is 17.9 Å². The van der Waals surface area contributed by atoms with Gasteiger partial charge in [0.15, 0.2) is 0 Å². The van der Waals surface area contributed by atoms with Gasteiger partial charge in [0.25, 0.3) is 5.56 Å². The molecule has 27 heavy (non-hydrogen) atoms. The maximum Gasteiger partial charge on any atom is 0.262 e. The van der Waals surface area contributed by atoms with Gasteiger partial charge in [-0.2, -0.15) is 0 Å². The van der Waals surface area contributed by atoms with Crippen LogP contribution in [0.1, 0.15) is 18.5 Å². The van der Waals surface area contributed by atoms with E-state index >= 15 is 0 Å². The monoisotopic (exact) mass is 364 g/mol. The van der Waals surface area contributed by atoms with Gasteiger partial charge in [-0.25, -0.2) is 4.98 Å². The second-order valence-corrected chi connectivity index (χ2v) is 7.19. The Bertz CT molecular complexity index is 1010. The third kappa shape index (κ3) is 3.65. The lowest BCUT2D eigenvalue weighted by molar-refractivity contribution is 0.227. The van der Waals surface area contributed by atoms with Crippen LogP contribution in [-0.4, -0.2) is 34.2 Å². The summed E-state index contributed by atoms with van der Waals surface area (Å²) in [6, 6.07) is 11.4. The van der Waals surface area contributed by atoms with Gasteiger partial charge in [-0.3, -0.25) is 14.3 Å². The van der Waals surface area contributed by atoms with Crippen molar-refractivity contribution in [1.29, 1.82) is 0 Å². The first-order chi connectivity index (χ1) is 13.1. The number of rotatable bonds is 4. The van der Waals surface area contributed by atoms with Crippen molar-refractivity contribution < 1.29 is 4.74 Å². The summed E-state index contributed by atoms with van der Waals surface area (Å²) in [6.45, 7) is 4.36. The molecule has 0 bridgehead atoms. The topological polar surface area (TPSA) is 60.2 Å². The number of piperidine rings is 1. The second-order valence-electron chi connectivity index (χ2n) is 7.19. The minimum absolute atomic E-state index is 0.00114. The summed E-state index contributed by atoms with van der Waals surface area (Å²) in [7, 11) is 1.80. The number of fused-ring (bicyclic) bond motifs is 1. The highest BCUT2D eigenvalue weighted by Crippen LogP contribution is 2.23. The molecule has 1 aliphatic heterocycles. The van der Waals surface area contributed by atoms with Gasteiger partial charge in [0, 0.05) is 44.0 Å². The Morgan fingerprint density at radius 3 is 2.96 bits per heavy atom. The molecule has 6 nitrogen and oxygen atoms in total. The van der Waals surface area contributed by atoms with Crippen LogP contribution in [0.4, 0.5) is 5.95 Å². The van der Waals surface area contributed by atoms with Crippen molar-refractivity contribution >= 4 is 16.9 Å². The van der Waals surface area contributed by atoms with Crippen molar-refractivity contribution in [3.8, 4) is 5.75 Å². The van der Waals surface area contributed by atoms with Crippen LogP contribution in [0.3, 0.4) is 0 Å². The smallest absolute Gasteiger partial charge is 0.262 e. The number of anilines is 1. The van der Waals surface area contributed by atoms with Gasteiger partial charge in [-0.1, -0.05) is 12.1 Å². The van der Waals surface area contributed by atoms with Crippen LogP contribution in [-0.2, 0) is 7.05 Å². The molecule has 1 saturated heterocycles. The number of aromatic nitrogens is 3. The Hall–Kier alpha value is -2.89. The standard InChI is InChI=1S/C21H24N4O2/c1-15-12-17(9-10-22-15)27-14-16-6-5-11-25(13-16)21-23-19-8-4-3-7-18(19)20(26)24(21)2/h3-4,7-10,12,16H,5-6,11,13-14H2,1-2H3. The number of aryl methyl sites for hydroxylation is 1. The van der Waals surface area contributed by atoms with Crippen molar-refractivity contribution in [2.24, 2.45) is 13.0 Å². The molecule has 0 saturated carbocycles. The lowest BCUT2D eigenvalue weighted by Gasteiger charge is -2.34. The molecule has 0 amide bonds. The first kappa shape index (κ1) is 17.5. The lowest BCUT2D eigenvalue weighted by atomic mass is 9.99. The molecule has 6 heteroatoms. The average Bonchev–Trinajstić information content (AvgIpc) is 2.69. The number of hydrogen-bond donors (Lipinski definition) is 0. The SMILES string of the molecule is Cc1cc(OCC2CCCN(c3nc4ccccc4c(=O)n3C)C2)ccn1. The van der Waals surface area contributed by atoms with E-state index in [-0.39, 0.29) is 5.56 Å². The highest BCUT2D eigenvalue weighted by molar-refractivity contribution is 5.78. The third-order valence-electron chi connectivity index (χ3n) is 5.12. The zero-order valence-electron chi connectivity index (χ0n) is 15.8. The van der Waals surface area contributed by atoms with E-state index < -0.39 is 0 Å². The predicted octanol–water partition coefficient (Wildman–Crippen LogP) is 2.93. The molecular weight excluding hydrogens is 340 g/mol. The van der Waals surface area contributed by atoms with Crippen LogP contribution < -0.4 is 15.2 Å². The Kier molecular flexibility index (Phi) is 4.79. The molecule has 0 radical (unpaired) electrons. The highest BCUT2D eigenvalue weighted by atomic mass is 16.5. The summed E-state index contributed by atoms with van der Waals surface area (Å²) in [5, 5.41) is 0.661. The number of para-hydroxylation sites is 1. The van der Waals surface area contributed by atoms with Crippen LogP contribution in [0.2, 0.25) is 0 Å². The molecule has 2 aromatic heterocycles. The van der Waals surface area contributed by atoms with Crippen molar-refractivity contribution in [2.45, 2.75) is 19.8 Å². The first-order valence-electron chi connectivity index (χ1n) is 9.38. The van der Waals surface area contributed by atoms with E-state index in [0.717, 1.165) is 48.8 Å². The number of pyridine rings is 1. The molecule has 0 spiro atoms. The molecule has 1 atom stereocenters. The van der Waals surface area contributed by atoms with Crippen molar-refractivity contribution in [3.63, 3.8) is 0 Å². The molecule has 3 heterocycles. The number of hydrogen-bond acceptors (Lipinski definition) is 5. The molecular formula is C21H24N4O2. The Balaban J connectivity index is 1.52. The molecule has 3 aromatic rings. The average molecular weight is 364 g/mol. The predicted molar refractivity (Wildman–Crippen MR) is 106 cm³/mol. The molecule has 1 unspecified atom stereocenters. The van der Waals surface area contributed by atoms with E-state index in [1.54, 1.807) is 17.8 Å². The zero-order valence-corrected chi connectivity index (χ0v) is 15.8. The van der Waals surface area contributed by atoms with Gasteiger partial charge >= 0.3 is 0 Å². The van der Waals surface area contributed by atoms with E-state index in [2.05, 4.69) is 9.88 Å². The maximum atomic E-state index is 12.7. The fourth-order valence-corrected chi connectivity index (χ4v) is 3.70. The van der Waals surface area contributed by atoms with E-state index in [1.165, 1.54) is 0 Å². The maximum absolute atomic E-state index is 12.7. The summed E-state index contributed by atoms with van der Waals surface area (Å²) in [5.74, 6) is 2.00. The van der Waals surface area contributed by atoms with Gasteiger partial charge in [-0.05, 0) is 38.0 Å². The number of ether oxygens (including phenoxy) is 1. The Morgan fingerprint density at radius 2 is 2.11 bits per heavy atom. The molecule has 140 valence electrons. The fourth-order valence-electron chi connectivity index (χ4n) is 3.70. The minimum Gasteiger partial charge on any atom is -0.493 e. The summed E-state index contributed by atoms with van der Waals surface area (Å²) >= 11 is 0. The molecule has 4 rings (SSSR count). The first-order valence-corrected chi connectivity index (χ1v) is 9.38. The number of nitrogens with zero attached hydrogens (tertiary/aromatic N) is 4. The molecule has 0 aliphatic carbocycles. The van der Waals surface area contributed by atoms with Crippen LogP contribution in [0, 0.1) is 12.8 Å². The van der Waals surface area contributed by atoms with Crippen LogP contribution in [0.25, 0.3) is 10.9 Å². The van der Waals surface area contributed by atoms with Crippen molar-refractivity contribution in [1.82, 2.24) is 14.5 Å².